The highest BCUT2D eigenvalue weighted by atomic mass is 35.5. The van der Waals surface area contributed by atoms with Gasteiger partial charge in [0.1, 0.15) is 0 Å². The third kappa shape index (κ3) is 2.96. The van der Waals surface area contributed by atoms with Gasteiger partial charge < -0.3 is 11.1 Å². The van der Waals surface area contributed by atoms with Gasteiger partial charge in [-0.25, -0.2) is 0 Å². The summed E-state index contributed by atoms with van der Waals surface area (Å²) >= 11 is 23.8. The first-order valence-electron chi connectivity index (χ1n) is 4.94. The second-order valence-electron chi connectivity index (χ2n) is 3.60. The van der Waals surface area contributed by atoms with Crippen molar-refractivity contribution in [3.8, 4) is 0 Å². The molecule has 0 atom stereocenters. The molecule has 2 aromatic rings. The van der Waals surface area contributed by atoms with Crippen molar-refractivity contribution in [2.75, 3.05) is 11.1 Å². The number of halogens is 4. The topological polar surface area (TPSA) is 38.0 Å². The highest BCUT2D eigenvalue weighted by Crippen LogP contribution is 2.35. The monoisotopic (exact) mass is 320 g/mol. The standard InChI is InChI=1S/C12H8Cl4N2/c13-6-1-2-10(17)12(3-6)18-11-5-8(15)7(14)4-9(11)16/h1-5,18H,17H2. The Labute approximate surface area is 125 Å². The molecule has 0 saturated carbocycles. The van der Waals surface area contributed by atoms with Crippen LogP contribution in [-0.4, -0.2) is 0 Å². The first-order chi connectivity index (χ1) is 8.47. The Morgan fingerprint density at radius 1 is 0.778 bits per heavy atom. The van der Waals surface area contributed by atoms with Crippen LogP contribution in [0.25, 0.3) is 0 Å². The summed E-state index contributed by atoms with van der Waals surface area (Å²) in [6, 6.07) is 8.31. The molecule has 0 aliphatic heterocycles. The van der Waals surface area contributed by atoms with E-state index in [2.05, 4.69) is 5.32 Å². The van der Waals surface area contributed by atoms with Gasteiger partial charge >= 0.3 is 0 Å². The summed E-state index contributed by atoms with van der Waals surface area (Å²) in [5.41, 5.74) is 7.66. The quantitative estimate of drug-likeness (QED) is 0.556. The summed E-state index contributed by atoms with van der Waals surface area (Å²) in [5, 5.41) is 4.89. The minimum absolute atomic E-state index is 0.395. The van der Waals surface area contributed by atoms with Gasteiger partial charge in [0.05, 0.1) is 32.1 Å². The number of nitrogen functional groups attached to an aromatic ring is 1. The van der Waals surface area contributed by atoms with Crippen LogP contribution in [0.1, 0.15) is 0 Å². The number of hydrogen-bond acceptors (Lipinski definition) is 2. The molecule has 2 aromatic carbocycles. The molecule has 3 N–H and O–H groups in total. The molecule has 0 radical (unpaired) electrons. The summed E-state index contributed by atoms with van der Waals surface area (Å²) in [7, 11) is 0. The zero-order valence-electron chi connectivity index (χ0n) is 8.98. The summed E-state index contributed by atoms with van der Waals surface area (Å²) < 4.78 is 0. The molecular formula is C12H8Cl4N2. The maximum Gasteiger partial charge on any atom is 0.0656 e. The van der Waals surface area contributed by atoms with E-state index in [1.54, 1.807) is 30.3 Å². The Kier molecular flexibility index (Phi) is 4.13. The molecule has 2 nitrogen and oxygen atoms in total. The van der Waals surface area contributed by atoms with E-state index < -0.39 is 0 Å². The largest absolute Gasteiger partial charge is 0.397 e. The van der Waals surface area contributed by atoms with Crippen molar-refractivity contribution in [2.45, 2.75) is 0 Å². The van der Waals surface area contributed by atoms with Crippen LogP contribution in [0, 0.1) is 0 Å². The fourth-order valence-corrected chi connectivity index (χ4v) is 2.17. The molecule has 0 saturated heterocycles. The average molecular weight is 322 g/mol. The van der Waals surface area contributed by atoms with E-state index in [0.29, 0.717) is 37.2 Å². The molecular weight excluding hydrogens is 314 g/mol. The minimum atomic E-state index is 0.395. The van der Waals surface area contributed by atoms with Crippen LogP contribution in [0.5, 0.6) is 0 Å². The van der Waals surface area contributed by atoms with Gasteiger partial charge in [0.15, 0.2) is 0 Å². The number of nitrogens with two attached hydrogens (primary N) is 1. The number of anilines is 3. The zero-order valence-corrected chi connectivity index (χ0v) is 12.0. The Morgan fingerprint density at radius 3 is 2.17 bits per heavy atom. The zero-order chi connectivity index (χ0) is 13.3. The Morgan fingerprint density at radius 2 is 1.44 bits per heavy atom. The number of nitrogens with one attached hydrogen (secondary N) is 1. The highest BCUT2D eigenvalue weighted by molar-refractivity contribution is 6.44. The normalized spacial score (nSPS) is 10.4. The van der Waals surface area contributed by atoms with Crippen LogP contribution in [0.4, 0.5) is 17.1 Å². The first kappa shape index (κ1) is 13.6. The maximum atomic E-state index is 6.06. The maximum absolute atomic E-state index is 6.06. The van der Waals surface area contributed by atoms with Crippen LogP contribution >= 0.6 is 46.4 Å². The van der Waals surface area contributed by atoms with Crippen molar-refractivity contribution in [3.05, 3.63) is 50.4 Å². The SMILES string of the molecule is Nc1ccc(Cl)cc1Nc1cc(Cl)c(Cl)cc1Cl. The summed E-state index contributed by atoms with van der Waals surface area (Å²) in [6.07, 6.45) is 0. The van der Waals surface area contributed by atoms with Crippen molar-refractivity contribution in [1.82, 2.24) is 0 Å². The third-order valence-electron chi connectivity index (χ3n) is 2.29. The van der Waals surface area contributed by atoms with Crippen molar-refractivity contribution in [2.24, 2.45) is 0 Å². The first-order valence-corrected chi connectivity index (χ1v) is 6.45. The molecule has 0 heterocycles. The van der Waals surface area contributed by atoms with Gasteiger partial charge in [0.2, 0.25) is 0 Å². The summed E-state index contributed by atoms with van der Waals surface area (Å²) in [5.74, 6) is 0. The van der Waals surface area contributed by atoms with Gasteiger partial charge in [-0.15, -0.1) is 0 Å². The van der Waals surface area contributed by atoms with Gasteiger partial charge in [0.25, 0.3) is 0 Å². The lowest BCUT2D eigenvalue weighted by atomic mass is 10.2. The fraction of sp³-hybridized carbons (Fsp3) is 0. The molecule has 0 spiro atoms. The van der Waals surface area contributed by atoms with Crippen LogP contribution in [0.2, 0.25) is 20.1 Å². The van der Waals surface area contributed by atoms with Crippen molar-refractivity contribution >= 4 is 63.5 Å². The highest BCUT2D eigenvalue weighted by Gasteiger charge is 2.08. The molecule has 0 aromatic heterocycles. The number of rotatable bonds is 2. The minimum Gasteiger partial charge on any atom is -0.397 e. The third-order valence-corrected chi connectivity index (χ3v) is 3.56. The smallest absolute Gasteiger partial charge is 0.0656 e. The fourth-order valence-electron chi connectivity index (χ4n) is 1.40. The van der Waals surface area contributed by atoms with E-state index in [1.807, 2.05) is 0 Å². The van der Waals surface area contributed by atoms with Crippen LogP contribution in [-0.2, 0) is 0 Å². The lowest BCUT2D eigenvalue weighted by Gasteiger charge is -2.12. The van der Waals surface area contributed by atoms with E-state index in [-0.39, 0.29) is 0 Å². The van der Waals surface area contributed by atoms with E-state index in [1.165, 1.54) is 0 Å². The van der Waals surface area contributed by atoms with E-state index >= 15 is 0 Å². The van der Waals surface area contributed by atoms with Crippen molar-refractivity contribution in [3.63, 3.8) is 0 Å². The van der Waals surface area contributed by atoms with Gasteiger partial charge in [-0.2, -0.15) is 0 Å². The van der Waals surface area contributed by atoms with Crippen molar-refractivity contribution < 1.29 is 0 Å². The second kappa shape index (κ2) is 5.45. The van der Waals surface area contributed by atoms with Gasteiger partial charge in [-0.3, -0.25) is 0 Å². The molecule has 0 fully saturated rings. The predicted molar refractivity (Wildman–Crippen MR) is 80.6 cm³/mol. The molecule has 2 rings (SSSR count). The summed E-state index contributed by atoms with van der Waals surface area (Å²) in [4.78, 5) is 0. The lowest BCUT2D eigenvalue weighted by molar-refractivity contribution is 1.54. The van der Waals surface area contributed by atoms with E-state index in [0.717, 1.165) is 0 Å². The van der Waals surface area contributed by atoms with Crippen LogP contribution in [0.15, 0.2) is 30.3 Å². The second-order valence-corrected chi connectivity index (χ2v) is 5.26. The molecule has 0 amide bonds. The van der Waals surface area contributed by atoms with Crippen LogP contribution < -0.4 is 11.1 Å². The molecule has 0 aliphatic rings. The van der Waals surface area contributed by atoms with E-state index in [4.69, 9.17) is 52.1 Å². The van der Waals surface area contributed by atoms with E-state index in [9.17, 15) is 0 Å². The van der Waals surface area contributed by atoms with Gasteiger partial charge in [0, 0.05) is 5.02 Å². The Bertz CT molecular complexity index is 599. The lowest BCUT2D eigenvalue weighted by Crippen LogP contribution is -1.97. The molecule has 0 bridgehead atoms. The molecule has 6 heteroatoms. The molecule has 94 valence electrons. The molecule has 0 aliphatic carbocycles. The predicted octanol–water partition coefficient (Wildman–Crippen LogP) is 5.63. The van der Waals surface area contributed by atoms with Gasteiger partial charge in [-0.05, 0) is 30.3 Å². The van der Waals surface area contributed by atoms with Crippen LogP contribution in [0.3, 0.4) is 0 Å². The average Bonchev–Trinajstić information content (AvgIpc) is 2.30. The Hall–Kier alpha value is -0.800. The van der Waals surface area contributed by atoms with Crippen molar-refractivity contribution in [1.29, 1.82) is 0 Å². The Balaban J connectivity index is 2.40. The summed E-state index contributed by atoms with van der Waals surface area (Å²) in [6.45, 7) is 0. The molecule has 18 heavy (non-hydrogen) atoms. The van der Waals surface area contributed by atoms with Gasteiger partial charge in [-0.1, -0.05) is 46.4 Å². The molecule has 0 unspecified atom stereocenters. The number of benzene rings is 2. The number of hydrogen-bond donors (Lipinski definition) is 2.